The molecule has 0 fully saturated rings. The van der Waals surface area contributed by atoms with Gasteiger partial charge in [0.2, 0.25) is 0 Å². The summed E-state index contributed by atoms with van der Waals surface area (Å²) in [5.41, 5.74) is 2.11. The lowest BCUT2D eigenvalue weighted by atomic mass is 10.0. The van der Waals surface area contributed by atoms with Gasteiger partial charge in [0.05, 0.1) is 12.7 Å². The number of rotatable bonds is 6. The van der Waals surface area contributed by atoms with Crippen molar-refractivity contribution in [2.24, 2.45) is 0 Å². The molecule has 1 aromatic heterocycles. The molecule has 0 amide bonds. The van der Waals surface area contributed by atoms with E-state index in [1.54, 1.807) is 11.3 Å². The van der Waals surface area contributed by atoms with E-state index >= 15 is 0 Å². The molecule has 0 radical (unpaired) electrons. The van der Waals surface area contributed by atoms with Crippen molar-refractivity contribution >= 4 is 11.3 Å². The first-order chi connectivity index (χ1) is 8.79. The van der Waals surface area contributed by atoms with Crippen molar-refractivity contribution in [2.45, 2.75) is 25.9 Å². The summed E-state index contributed by atoms with van der Waals surface area (Å²) in [4.78, 5) is 0. The van der Waals surface area contributed by atoms with Gasteiger partial charge in [-0.3, -0.25) is 0 Å². The first kappa shape index (κ1) is 13.1. The van der Waals surface area contributed by atoms with Crippen LogP contribution in [-0.2, 0) is 6.42 Å². The zero-order chi connectivity index (χ0) is 12.8. The van der Waals surface area contributed by atoms with Crippen molar-refractivity contribution in [3.8, 4) is 5.75 Å². The maximum Gasteiger partial charge on any atom is 0.119 e. The van der Waals surface area contributed by atoms with E-state index in [2.05, 4.69) is 12.3 Å². The van der Waals surface area contributed by atoms with Crippen LogP contribution in [0.5, 0.6) is 5.75 Å². The first-order valence-corrected chi connectivity index (χ1v) is 7.15. The van der Waals surface area contributed by atoms with Gasteiger partial charge in [-0.15, -0.1) is 0 Å². The molecule has 2 rings (SSSR count). The highest BCUT2D eigenvalue weighted by Crippen LogP contribution is 2.22. The summed E-state index contributed by atoms with van der Waals surface area (Å²) in [5.74, 6) is 0.864. The molecule has 1 N–H and O–H groups in total. The maximum atomic E-state index is 10.1. The Labute approximate surface area is 112 Å². The number of hydrogen-bond acceptors (Lipinski definition) is 3. The van der Waals surface area contributed by atoms with Crippen LogP contribution in [0.2, 0.25) is 0 Å². The molecule has 0 saturated carbocycles. The smallest absolute Gasteiger partial charge is 0.119 e. The second-order valence-corrected chi connectivity index (χ2v) is 5.05. The third kappa shape index (κ3) is 3.59. The predicted molar refractivity (Wildman–Crippen MR) is 75.2 cm³/mol. The fourth-order valence-electron chi connectivity index (χ4n) is 1.76. The molecule has 0 aliphatic heterocycles. The zero-order valence-electron chi connectivity index (χ0n) is 10.5. The topological polar surface area (TPSA) is 29.5 Å². The van der Waals surface area contributed by atoms with Crippen molar-refractivity contribution in [1.29, 1.82) is 0 Å². The van der Waals surface area contributed by atoms with E-state index in [0.29, 0.717) is 6.42 Å². The van der Waals surface area contributed by atoms with Crippen LogP contribution in [0.4, 0.5) is 0 Å². The van der Waals surface area contributed by atoms with Crippen molar-refractivity contribution in [3.05, 3.63) is 52.2 Å². The Bertz CT molecular complexity index is 448. The van der Waals surface area contributed by atoms with Gasteiger partial charge in [0.1, 0.15) is 5.75 Å². The third-order valence-corrected chi connectivity index (χ3v) is 3.48. The molecule has 1 aromatic carbocycles. The Hall–Kier alpha value is -1.32. The van der Waals surface area contributed by atoms with Gasteiger partial charge in [0.15, 0.2) is 0 Å². The third-order valence-electron chi connectivity index (χ3n) is 2.75. The van der Waals surface area contributed by atoms with Gasteiger partial charge in [-0.1, -0.05) is 19.1 Å². The Balaban J connectivity index is 1.96. The van der Waals surface area contributed by atoms with Crippen LogP contribution in [0.25, 0.3) is 0 Å². The number of benzene rings is 1. The van der Waals surface area contributed by atoms with Crippen LogP contribution >= 0.6 is 11.3 Å². The molecule has 0 spiro atoms. The maximum absolute atomic E-state index is 10.1. The van der Waals surface area contributed by atoms with Crippen LogP contribution in [0.1, 0.15) is 30.6 Å². The molecule has 1 atom stereocenters. The number of ether oxygens (including phenoxy) is 1. The molecule has 2 aromatic rings. The highest BCUT2D eigenvalue weighted by Gasteiger charge is 2.08. The quantitative estimate of drug-likeness (QED) is 0.857. The van der Waals surface area contributed by atoms with Gasteiger partial charge < -0.3 is 9.84 Å². The van der Waals surface area contributed by atoms with Gasteiger partial charge in [-0.25, -0.2) is 0 Å². The minimum Gasteiger partial charge on any atom is -0.494 e. The Morgan fingerprint density at radius 2 is 2.00 bits per heavy atom. The zero-order valence-corrected chi connectivity index (χ0v) is 11.3. The molecule has 0 saturated heterocycles. The number of hydrogen-bond donors (Lipinski definition) is 1. The first-order valence-electron chi connectivity index (χ1n) is 6.21. The standard InChI is InChI=1S/C15H18O2S/c1-2-8-17-14-5-3-13(4-6-14)15(16)10-12-7-9-18-11-12/h3-7,9,11,15-16H,2,8,10H2,1H3. The van der Waals surface area contributed by atoms with Gasteiger partial charge in [0.25, 0.3) is 0 Å². The average Bonchev–Trinajstić information content (AvgIpc) is 2.89. The van der Waals surface area contributed by atoms with Crippen LogP contribution in [-0.4, -0.2) is 11.7 Å². The second-order valence-electron chi connectivity index (χ2n) is 4.27. The fourth-order valence-corrected chi connectivity index (χ4v) is 2.44. The summed E-state index contributed by atoms with van der Waals surface area (Å²) >= 11 is 1.66. The molecule has 0 aliphatic rings. The molecule has 0 bridgehead atoms. The largest absolute Gasteiger partial charge is 0.494 e. The van der Waals surface area contributed by atoms with E-state index in [4.69, 9.17) is 4.74 Å². The van der Waals surface area contributed by atoms with E-state index in [0.717, 1.165) is 24.3 Å². The lowest BCUT2D eigenvalue weighted by Gasteiger charge is -2.11. The minimum atomic E-state index is -0.445. The number of aliphatic hydroxyl groups excluding tert-OH is 1. The molecule has 96 valence electrons. The summed E-state index contributed by atoms with van der Waals surface area (Å²) in [6.07, 6.45) is 1.22. The van der Waals surface area contributed by atoms with Crippen LogP contribution in [0.15, 0.2) is 41.1 Å². The highest BCUT2D eigenvalue weighted by molar-refractivity contribution is 7.07. The van der Waals surface area contributed by atoms with E-state index in [-0.39, 0.29) is 0 Å². The molecule has 1 unspecified atom stereocenters. The SMILES string of the molecule is CCCOc1ccc(C(O)Cc2ccsc2)cc1. The van der Waals surface area contributed by atoms with Gasteiger partial charge in [0, 0.05) is 6.42 Å². The minimum absolute atomic E-state index is 0.445. The molecule has 1 heterocycles. The van der Waals surface area contributed by atoms with Crippen molar-refractivity contribution in [1.82, 2.24) is 0 Å². The molecular weight excluding hydrogens is 244 g/mol. The van der Waals surface area contributed by atoms with E-state index in [1.807, 2.05) is 35.7 Å². The Morgan fingerprint density at radius 3 is 2.61 bits per heavy atom. The number of thiophene rings is 1. The lowest BCUT2D eigenvalue weighted by molar-refractivity contribution is 0.178. The van der Waals surface area contributed by atoms with Crippen molar-refractivity contribution < 1.29 is 9.84 Å². The molecule has 0 aliphatic carbocycles. The van der Waals surface area contributed by atoms with Crippen LogP contribution in [0, 0.1) is 0 Å². The summed E-state index contributed by atoms with van der Waals surface area (Å²) in [5, 5.41) is 14.2. The highest BCUT2D eigenvalue weighted by atomic mass is 32.1. The lowest BCUT2D eigenvalue weighted by Crippen LogP contribution is -2.01. The average molecular weight is 262 g/mol. The van der Waals surface area contributed by atoms with Gasteiger partial charge >= 0.3 is 0 Å². The van der Waals surface area contributed by atoms with Gasteiger partial charge in [-0.2, -0.15) is 11.3 Å². The van der Waals surface area contributed by atoms with E-state index in [1.165, 1.54) is 5.56 Å². The fraction of sp³-hybridized carbons (Fsp3) is 0.333. The predicted octanol–water partition coefficient (Wildman–Crippen LogP) is 3.81. The monoisotopic (exact) mass is 262 g/mol. The molecule has 18 heavy (non-hydrogen) atoms. The van der Waals surface area contributed by atoms with E-state index < -0.39 is 6.10 Å². The molecule has 3 heteroatoms. The number of aliphatic hydroxyl groups is 1. The summed E-state index contributed by atoms with van der Waals surface area (Å²) in [6, 6.07) is 9.75. The summed E-state index contributed by atoms with van der Waals surface area (Å²) in [7, 11) is 0. The second kappa shape index (κ2) is 6.57. The normalized spacial score (nSPS) is 12.3. The molecule has 2 nitrogen and oxygen atoms in total. The van der Waals surface area contributed by atoms with Crippen molar-refractivity contribution in [3.63, 3.8) is 0 Å². The Morgan fingerprint density at radius 1 is 1.22 bits per heavy atom. The van der Waals surface area contributed by atoms with Crippen LogP contribution in [0.3, 0.4) is 0 Å². The van der Waals surface area contributed by atoms with E-state index in [9.17, 15) is 5.11 Å². The van der Waals surface area contributed by atoms with Crippen molar-refractivity contribution in [2.75, 3.05) is 6.61 Å². The summed E-state index contributed by atoms with van der Waals surface area (Å²) in [6.45, 7) is 2.82. The van der Waals surface area contributed by atoms with Gasteiger partial charge in [-0.05, 0) is 46.5 Å². The Kier molecular flexibility index (Phi) is 4.79. The summed E-state index contributed by atoms with van der Waals surface area (Å²) < 4.78 is 5.52. The molecular formula is C15H18O2S. The van der Waals surface area contributed by atoms with Crippen LogP contribution < -0.4 is 4.74 Å².